The second kappa shape index (κ2) is 10.8. The van der Waals surface area contributed by atoms with Crippen molar-refractivity contribution in [3.63, 3.8) is 0 Å². The predicted molar refractivity (Wildman–Crippen MR) is 153 cm³/mol. The fourth-order valence-electron chi connectivity index (χ4n) is 4.13. The average molecular weight is 554 g/mol. The first-order chi connectivity index (χ1) is 18.7. The van der Waals surface area contributed by atoms with E-state index < -0.39 is 15.9 Å². The molecule has 39 heavy (non-hydrogen) atoms. The van der Waals surface area contributed by atoms with Crippen LogP contribution in [-0.4, -0.2) is 23.9 Å². The molecule has 0 aliphatic carbocycles. The van der Waals surface area contributed by atoms with Gasteiger partial charge >= 0.3 is 0 Å². The van der Waals surface area contributed by atoms with Crippen LogP contribution in [0.1, 0.15) is 38.4 Å². The summed E-state index contributed by atoms with van der Waals surface area (Å²) in [6, 6.07) is 26.6. The number of hydrogen-bond acceptors (Lipinski definition) is 4. The molecule has 1 N–H and O–H groups in total. The maximum absolute atomic E-state index is 12.9. The van der Waals surface area contributed by atoms with Crippen molar-refractivity contribution in [2.24, 2.45) is 0 Å². The third-order valence-electron chi connectivity index (χ3n) is 6.27. The first-order valence-electron chi connectivity index (χ1n) is 12.2. The highest BCUT2D eigenvalue weighted by Crippen LogP contribution is 2.24. The van der Waals surface area contributed by atoms with Crippen molar-refractivity contribution in [1.82, 2.24) is 14.3 Å². The van der Waals surface area contributed by atoms with Gasteiger partial charge in [0, 0.05) is 21.7 Å². The fourth-order valence-corrected chi connectivity index (χ4v) is 5.35. The molecule has 6 nitrogen and oxygen atoms in total. The summed E-state index contributed by atoms with van der Waals surface area (Å²) >= 11 is 6.62. The Labute approximate surface area is 232 Å². The summed E-state index contributed by atoms with van der Waals surface area (Å²) in [4.78, 5) is 17.5. The Bertz CT molecular complexity index is 1870. The largest absolute Gasteiger partial charge is 0.324 e. The smallest absolute Gasteiger partial charge is 0.265 e. The number of halogens is 1. The zero-order valence-corrected chi connectivity index (χ0v) is 22.8. The first-order valence-corrected chi connectivity index (χ1v) is 14.0. The molecular weight excluding hydrogens is 530 g/mol. The molecule has 0 aliphatic rings. The number of aryl methyl sites for hydroxylation is 2. The van der Waals surface area contributed by atoms with Crippen LogP contribution in [0.5, 0.6) is 0 Å². The Kier molecular flexibility index (Phi) is 7.25. The van der Waals surface area contributed by atoms with Crippen LogP contribution in [0.15, 0.2) is 95.9 Å². The SMILES string of the molecule is Cc1ccc(S(=O)(=O)NC(=O)c2ccc3nc(C)n(Cc4ccc(C#Cc5ccccc5)cc4Cl)c3c2)cc1. The molecule has 5 aromatic rings. The quantitative estimate of drug-likeness (QED) is 0.276. The van der Waals surface area contributed by atoms with Crippen molar-refractivity contribution in [2.45, 2.75) is 25.3 Å². The van der Waals surface area contributed by atoms with E-state index in [2.05, 4.69) is 21.5 Å². The molecule has 4 aromatic carbocycles. The molecule has 0 saturated heterocycles. The fraction of sp³-hybridized carbons (Fsp3) is 0.0968. The number of hydrogen-bond donors (Lipinski definition) is 1. The van der Waals surface area contributed by atoms with Crippen LogP contribution < -0.4 is 4.72 Å². The van der Waals surface area contributed by atoms with E-state index in [4.69, 9.17) is 11.6 Å². The van der Waals surface area contributed by atoms with Gasteiger partial charge < -0.3 is 4.57 Å². The van der Waals surface area contributed by atoms with Gasteiger partial charge in [-0.05, 0) is 74.0 Å². The molecule has 0 spiro atoms. The Morgan fingerprint density at radius 2 is 1.62 bits per heavy atom. The summed E-state index contributed by atoms with van der Waals surface area (Å²) in [6.07, 6.45) is 0. The predicted octanol–water partition coefficient (Wildman–Crippen LogP) is 5.87. The lowest BCUT2D eigenvalue weighted by Crippen LogP contribution is -2.30. The van der Waals surface area contributed by atoms with Crippen molar-refractivity contribution in [3.8, 4) is 11.8 Å². The van der Waals surface area contributed by atoms with Crippen molar-refractivity contribution < 1.29 is 13.2 Å². The highest BCUT2D eigenvalue weighted by atomic mass is 35.5. The number of amides is 1. The number of benzene rings is 4. The summed E-state index contributed by atoms with van der Waals surface area (Å²) in [5.41, 5.74) is 5.09. The molecule has 8 heteroatoms. The highest BCUT2D eigenvalue weighted by molar-refractivity contribution is 7.90. The van der Waals surface area contributed by atoms with E-state index in [9.17, 15) is 13.2 Å². The topological polar surface area (TPSA) is 81.1 Å². The molecule has 0 saturated carbocycles. The Balaban J connectivity index is 1.40. The van der Waals surface area contributed by atoms with Gasteiger partial charge in [-0.1, -0.05) is 65.4 Å². The number of carbonyl (C=O) groups excluding carboxylic acids is 1. The van der Waals surface area contributed by atoms with E-state index in [-0.39, 0.29) is 10.5 Å². The molecule has 5 rings (SSSR count). The molecule has 0 atom stereocenters. The number of rotatable bonds is 5. The monoisotopic (exact) mass is 553 g/mol. The molecular formula is C31H24ClN3O3S. The van der Waals surface area contributed by atoms with Gasteiger partial charge in [-0.25, -0.2) is 18.1 Å². The number of aromatic nitrogens is 2. The summed E-state index contributed by atoms with van der Waals surface area (Å²) < 4.78 is 29.5. The van der Waals surface area contributed by atoms with E-state index in [1.165, 1.54) is 12.1 Å². The van der Waals surface area contributed by atoms with Gasteiger partial charge in [-0.2, -0.15) is 0 Å². The summed E-state index contributed by atoms with van der Waals surface area (Å²) in [7, 11) is -4.01. The van der Waals surface area contributed by atoms with E-state index in [1.807, 2.05) is 66.9 Å². The van der Waals surface area contributed by atoms with Crippen molar-refractivity contribution in [1.29, 1.82) is 0 Å². The molecule has 0 fully saturated rings. The molecule has 0 unspecified atom stereocenters. The Morgan fingerprint density at radius 3 is 2.33 bits per heavy atom. The van der Waals surface area contributed by atoms with E-state index in [0.29, 0.717) is 22.6 Å². The number of sulfonamides is 1. The van der Waals surface area contributed by atoms with Crippen LogP contribution in [0.2, 0.25) is 5.02 Å². The van der Waals surface area contributed by atoms with Gasteiger partial charge in [0.25, 0.3) is 15.9 Å². The zero-order chi connectivity index (χ0) is 27.6. The third-order valence-corrected chi connectivity index (χ3v) is 7.96. The first kappa shape index (κ1) is 26.2. The summed E-state index contributed by atoms with van der Waals surface area (Å²) in [5.74, 6) is 6.28. The van der Waals surface area contributed by atoms with Crippen molar-refractivity contribution >= 4 is 38.6 Å². The molecule has 0 radical (unpaired) electrons. The minimum absolute atomic E-state index is 0.0231. The van der Waals surface area contributed by atoms with E-state index in [1.54, 1.807) is 30.3 Å². The van der Waals surface area contributed by atoms with Gasteiger partial charge in [0.2, 0.25) is 0 Å². The van der Waals surface area contributed by atoms with Gasteiger partial charge in [0.15, 0.2) is 0 Å². The second-order valence-electron chi connectivity index (χ2n) is 9.12. The molecule has 0 bridgehead atoms. The maximum Gasteiger partial charge on any atom is 0.265 e. The number of imidazole rings is 1. The Hall–Kier alpha value is -4.38. The average Bonchev–Trinajstić information content (AvgIpc) is 3.23. The Morgan fingerprint density at radius 1 is 0.897 bits per heavy atom. The normalized spacial score (nSPS) is 11.2. The van der Waals surface area contributed by atoms with Gasteiger partial charge in [-0.3, -0.25) is 4.79 Å². The van der Waals surface area contributed by atoms with E-state index in [0.717, 1.165) is 28.1 Å². The lowest BCUT2D eigenvalue weighted by atomic mass is 10.1. The zero-order valence-electron chi connectivity index (χ0n) is 21.3. The van der Waals surface area contributed by atoms with Crippen LogP contribution in [0.3, 0.4) is 0 Å². The van der Waals surface area contributed by atoms with Crippen molar-refractivity contribution in [3.05, 3.63) is 130 Å². The van der Waals surface area contributed by atoms with Crippen molar-refractivity contribution in [2.75, 3.05) is 0 Å². The van der Waals surface area contributed by atoms with Gasteiger partial charge in [0.1, 0.15) is 5.82 Å². The minimum Gasteiger partial charge on any atom is -0.324 e. The van der Waals surface area contributed by atoms with Crippen LogP contribution in [0.25, 0.3) is 11.0 Å². The lowest BCUT2D eigenvalue weighted by Gasteiger charge is -2.11. The molecule has 0 aliphatic heterocycles. The number of fused-ring (bicyclic) bond motifs is 1. The van der Waals surface area contributed by atoms with Crippen LogP contribution in [0.4, 0.5) is 0 Å². The highest BCUT2D eigenvalue weighted by Gasteiger charge is 2.20. The standard InChI is InChI=1S/C31H24ClN3O3S/c1-21-8-15-27(16-9-21)39(37,38)34-31(36)25-14-17-29-30(19-25)35(22(2)33-29)20-26-13-12-24(18-28(26)32)11-10-23-6-4-3-5-7-23/h3-9,12-19H,20H2,1-2H3,(H,34,36). The number of nitrogens with zero attached hydrogens (tertiary/aromatic N) is 2. The van der Waals surface area contributed by atoms with Gasteiger partial charge in [-0.15, -0.1) is 0 Å². The maximum atomic E-state index is 12.9. The molecule has 194 valence electrons. The van der Waals surface area contributed by atoms with Gasteiger partial charge in [0.05, 0.1) is 22.5 Å². The lowest BCUT2D eigenvalue weighted by molar-refractivity contribution is 0.0981. The van der Waals surface area contributed by atoms with Crippen LogP contribution in [-0.2, 0) is 16.6 Å². The van der Waals surface area contributed by atoms with Crippen LogP contribution >= 0.6 is 11.6 Å². The molecule has 1 aromatic heterocycles. The molecule has 1 amide bonds. The second-order valence-corrected chi connectivity index (χ2v) is 11.2. The summed E-state index contributed by atoms with van der Waals surface area (Å²) in [5, 5.41) is 0.564. The summed E-state index contributed by atoms with van der Waals surface area (Å²) in [6.45, 7) is 4.15. The number of carbonyl (C=O) groups is 1. The number of nitrogens with one attached hydrogen (secondary N) is 1. The van der Waals surface area contributed by atoms with E-state index >= 15 is 0 Å². The molecule has 1 heterocycles. The van der Waals surface area contributed by atoms with Crippen LogP contribution in [0, 0.1) is 25.7 Å². The minimum atomic E-state index is -4.01. The third kappa shape index (κ3) is 5.88.